The van der Waals surface area contributed by atoms with Gasteiger partial charge in [-0.05, 0) is 45.4 Å². The normalized spacial score (nSPS) is 21.3. The second-order valence-electron chi connectivity index (χ2n) is 6.39. The molecular formula is C14H18BClF3NO3. The lowest BCUT2D eigenvalue weighted by molar-refractivity contribution is -0.274. The Bertz CT molecular complexity index is 579. The van der Waals surface area contributed by atoms with Crippen LogP contribution < -0.4 is 10.5 Å². The molecule has 128 valence electrons. The molecular weight excluding hydrogens is 333 g/mol. The maximum atomic E-state index is 12.3. The molecule has 0 radical (unpaired) electrons. The van der Waals surface area contributed by atoms with E-state index in [0.717, 1.165) is 6.07 Å². The van der Waals surface area contributed by atoms with Crippen LogP contribution in [0.2, 0.25) is 5.02 Å². The van der Waals surface area contributed by atoms with Gasteiger partial charge < -0.3 is 19.8 Å². The van der Waals surface area contributed by atoms with Crippen molar-refractivity contribution in [2.24, 2.45) is 5.73 Å². The van der Waals surface area contributed by atoms with Crippen LogP contribution in [0, 0.1) is 0 Å². The molecule has 0 amide bonds. The van der Waals surface area contributed by atoms with E-state index in [-0.39, 0.29) is 5.02 Å². The van der Waals surface area contributed by atoms with Gasteiger partial charge in [0.1, 0.15) is 5.75 Å². The molecule has 1 fully saturated rings. The van der Waals surface area contributed by atoms with Gasteiger partial charge in [-0.15, -0.1) is 13.2 Å². The monoisotopic (exact) mass is 351 g/mol. The highest BCUT2D eigenvalue weighted by molar-refractivity contribution is 6.47. The molecule has 1 saturated heterocycles. The first-order valence-corrected chi connectivity index (χ1v) is 7.37. The van der Waals surface area contributed by atoms with Crippen LogP contribution in [-0.2, 0) is 9.31 Å². The third kappa shape index (κ3) is 3.93. The Morgan fingerprint density at radius 2 is 1.70 bits per heavy atom. The van der Waals surface area contributed by atoms with Gasteiger partial charge >= 0.3 is 13.5 Å². The molecule has 1 aromatic carbocycles. The molecule has 0 aromatic heterocycles. The van der Waals surface area contributed by atoms with Crippen molar-refractivity contribution in [3.63, 3.8) is 0 Å². The fourth-order valence-electron chi connectivity index (χ4n) is 2.12. The molecule has 0 saturated carbocycles. The number of benzene rings is 1. The van der Waals surface area contributed by atoms with Crippen LogP contribution in [0.5, 0.6) is 5.75 Å². The summed E-state index contributed by atoms with van der Waals surface area (Å²) in [4.78, 5) is 0. The van der Waals surface area contributed by atoms with Crippen molar-refractivity contribution in [1.29, 1.82) is 0 Å². The molecule has 1 atom stereocenters. The number of hydrogen-bond donors (Lipinski definition) is 1. The fraction of sp³-hybridized carbons (Fsp3) is 0.571. The quantitative estimate of drug-likeness (QED) is 0.840. The molecule has 1 heterocycles. The van der Waals surface area contributed by atoms with Gasteiger partial charge in [0, 0.05) is 0 Å². The Kier molecular flexibility index (Phi) is 4.67. The van der Waals surface area contributed by atoms with E-state index < -0.39 is 36.4 Å². The number of rotatable bonds is 3. The maximum Gasteiger partial charge on any atom is 0.573 e. The van der Waals surface area contributed by atoms with E-state index in [1.54, 1.807) is 0 Å². The highest BCUT2D eigenvalue weighted by Crippen LogP contribution is 2.40. The lowest BCUT2D eigenvalue weighted by Crippen LogP contribution is -2.41. The van der Waals surface area contributed by atoms with E-state index >= 15 is 0 Å². The number of ether oxygens (including phenoxy) is 1. The summed E-state index contributed by atoms with van der Waals surface area (Å²) >= 11 is 5.84. The molecule has 1 aliphatic rings. The highest BCUT2D eigenvalue weighted by Gasteiger charge is 2.53. The van der Waals surface area contributed by atoms with Gasteiger partial charge in [0.15, 0.2) is 0 Å². The van der Waals surface area contributed by atoms with Crippen LogP contribution >= 0.6 is 11.6 Å². The third-order valence-electron chi connectivity index (χ3n) is 4.13. The van der Waals surface area contributed by atoms with E-state index in [2.05, 4.69) is 4.74 Å². The van der Waals surface area contributed by atoms with E-state index in [9.17, 15) is 13.2 Å². The number of alkyl halides is 3. The lowest BCUT2D eigenvalue weighted by atomic mass is 9.75. The van der Waals surface area contributed by atoms with Crippen LogP contribution in [0.3, 0.4) is 0 Å². The zero-order chi connectivity index (χ0) is 17.6. The summed E-state index contributed by atoms with van der Waals surface area (Å²) in [5.41, 5.74) is 5.49. The van der Waals surface area contributed by atoms with Crippen LogP contribution in [-0.4, -0.2) is 24.7 Å². The van der Waals surface area contributed by atoms with E-state index in [4.69, 9.17) is 26.6 Å². The Balaban J connectivity index is 2.18. The summed E-state index contributed by atoms with van der Waals surface area (Å²) in [6.07, 6.45) is -4.81. The van der Waals surface area contributed by atoms with Crippen LogP contribution in [0.15, 0.2) is 18.2 Å². The van der Waals surface area contributed by atoms with Gasteiger partial charge in [0.2, 0.25) is 0 Å². The first kappa shape index (κ1) is 18.4. The van der Waals surface area contributed by atoms with E-state index in [1.165, 1.54) is 12.1 Å². The minimum absolute atomic E-state index is 0.188. The van der Waals surface area contributed by atoms with Gasteiger partial charge in [-0.2, -0.15) is 0 Å². The van der Waals surface area contributed by atoms with Gasteiger partial charge in [-0.25, -0.2) is 0 Å². The average Bonchev–Trinajstić information content (AvgIpc) is 2.58. The molecule has 0 unspecified atom stereocenters. The predicted octanol–water partition coefficient (Wildman–Crippen LogP) is 3.87. The predicted molar refractivity (Wildman–Crippen MR) is 81.1 cm³/mol. The average molecular weight is 352 g/mol. The Morgan fingerprint density at radius 3 is 2.13 bits per heavy atom. The van der Waals surface area contributed by atoms with Crippen molar-refractivity contribution in [1.82, 2.24) is 0 Å². The molecule has 23 heavy (non-hydrogen) atoms. The SMILES string of the molecule is CC1(C)OB([C@@H](N)c2ccc(OC(F)(F)F)c(Cl)c2)OC1(C)C. The summed E-state index contributed by atoms with van der Waals surface area (Å²) in [7, 11) is -0.731. The van der Waals surface area contributed by atoms with Gasteiger partial charge in [0.05, 0.1) is 22.2 Å². The van der Waals surface area contributed by atoms with Crippen molar-refractivity contribution in [3.05, 3.63) is 28.8 Å². The minimum Gasteiger partial charge on any atom is -0.404 e. The van der Waals surface area contributed by atoms with Crippen LogP contribution in [0.25, 0.3) is 0 Å². The molecule has 0 aliphatic carbocycles. The highest BCUT2D eigenvalue weighted by atomic mass is 35.5. The van der Waals surface area contributed by atoms with Crippen molar-refractivity contribution in [3.8, 4) is 5.75 Å². The first-order valence-electron chi connectivity index (χ1n) is 6.99. The van der Waals surface area contributed by atoms with Gasteiger partial charge in [0.25, 0.3) is 0 Å². The zero-order valence-corrected chi connectivity index (χ0v) is 14.0. The second kappa shape index (κ2) is 5.84. The van der Waals surface area contributed by atoms with Crippen LogP contribution in [0.4, 0.5) is 13.2 Å². The molecule has 0 bridgehead atoms. The molecule has 9 heteroatoms. The standard InChI is InChI=1S/C14H18BClF3NO3/c1-12(2)13(3,4)23-15(22-12)11(20)8-5-6-10(9(16)7-8)21-14(17,18)19/h5-7,11H,20H2,1-4H3/t11-/m0/s1. The van der Waals surface area contributed by atoms with Gasteiger partial charge in [-0.1, -0.05) is 17.7 Å². The molecule has 1 aliphatic heterocycles. The molecule has 2 N–H and O–H groups in total. The number of hydrogen-bond acceptors (Lipinski definition) is 4. The summed E-state index contributed by atoms with van der Waals surface area (Å²) in [6, 6.07) is 3.84. The number of halogens is 4. The van der Waals surface area contributed by atoms with Crippen LogP contribution in [0.1, 0.15) is 39.2 Å². The van der Waals surface area contributed by atoms with Crippen molar-refractivity contribution >= 4 is 18.7 Å². The molecule has 1 aromatic rings. The number of nitrogens with two attached hydrogens (primary N) is 1. The molecule has 2 rings (SSSR count). The van der Waals surface area contributed by atoms with Crippen molar-refractivity contribution in [2.45, 2.75) is 51.2 Å². The molecule has 4 nitrogen and oxygen atoms in total. The summed E-state index contributed by atoms with van der Waals surface area (Å²) < 4.78 is 52.2. The maximum absolute atomic E-state index is 12.3. The Morgan fingerprint density at radius 1 is 1.17 bits per heavy atom. The van der Waals surface area contributed by atoms with Crippen molar-refractivity contribution < 1.29 is 27.2 Å². The minimum atomic E-state index is -4.81. The summed E-state index contributed by atoms with van der Waals surface area (Å²) in [6.45, 7) is 7.53. The Labute approximate surface area is 138 Å². The molecule has 0 spiro atoms. The smallest absolute Gasteiger partial charge is 0.404 e. The van der Waals surface area contributed by atoms with E-state index in [1.807, 2.05) is 27.7 Å². The van der Waals surface area contributed by atoms with Crippen molar-refractivity contribution in [2.75, 3.05) is 0 Å². The third-order valence-corrected chi connectivity index (χ3v) is 4.43. The first-order chi connectivity index (χ1) is 10.3. The van der Waals surface area contributed by atoms with E-state index in [0.29, 0.717) is 5.56 Å². The lowest BCUT2D eigenvalue weighted by Gasteiger charge is -2.32. The fourth-order valence-corrected chi connectivity index (χ4v) is 2.35. The summed E-state index contributed by atoms with van der Waals surface area (Å²) in [5.74, 6) is -1.18. The zero-order valence-electron chi connectivity index (χ0n) is 13.2. The largest absolute Gasteiger partial charge is 0.573 e. The topological polar surface area (TPSA) is 53.7 Å². The Hall–Kier alpha value is -0.955. The second-order valence-corrected chi connectivity index (χ2v) is 6.80. The van der Waals surface area contributed by atoms with Gasteiger partial charge in [-0.3, -0.25) is 0 Å². The summed E-state index contributed by atoms with van der Waals surface area (Å²) in [5, 5.41) is -0.188.